The predicted octanol–water partition coefficient (Wildman–Crippen LogP) is 2.80. The van der Waals surface area contributed by atoms with Gasteiger partial charge >= 0.3 is 5.97 Å². The number of esters is 1. The Hall–Kier alpha value is -3.59. The number of Topliss-reactive ketones (excluding diaryl/α,β-unsaturated/α-hetero) is 1. The van der Waals surface area contributed by atoms with Gasteiger partial charge in [0, 0.05) is 24.3 Å². The van der Waals surface area contributed by atoms with Crippen molar-refractivity contribution in [2.45, 2.75) is 26.8 Å². The first kappa shape index (κ1) is 25.0. The van der Waals surface area contributed by atoms with E-state index in [0.717, 1.165) is 0 Å². The summed E-state index contributed by atoms with van der Waals surface area (Å²) in [6.45, 7) is 6.07. The second-order valence-electron chi connectivity index (χ2n) is 8.42. The van der Waals surface area contributed by atoms with E-state index in [0.29, 0.717) is 34.7 Å². The minimum absolute atomic E-state index is 0.0300. The summed E-state index contributed by atoms with van der Waals surface area (Å²) >= 11 is 0. The van der Waals surface area contributed by atoms with Gasteiger partial charge < -0.3 is 29.4 Å². The number of nitrogens with one attached hydrogen (secondary N) is 1. The second-order valence-corrected chi connectivity index (χ2v) is 8.42. The van der Waals surface area contributed by atoms with E-state index >= 15 is 0 Å². The lowest BCUT2D eigenvalue weighted by Crippen LogP contribution is -2.35. The summed E-state index contributed by atoms with van der Waals surface area (Å²) < 4.78 is 10.4. The van der Waals surface area contributed by atoms with Crippen molar-refractivity contribution in [3.63, 3.8) is 0 Å². The summed E-state index contributed by atoms with van der Waals surface area (Å²) in [5, 5.41) is 11.4. The third-order valence-corrected chi connectivity index (χ3v) is 5.89. The number of likely N-dealkylation sites (N-methyl/N-ethyl adjacent to an activating group) is 1. The van der Waals surface area contributed by atoms with Crippen molar-refractivity contribution in [2.75, 3.05) is 40.9 Å². The van der Waals surface area contributed by atoms with Crippen molar-refractivity contribution in [2.24, 2.45) is 0 Å². The van der Waals surface area contributed by atoms with E-state index in [1.807, 2.05) is 19.0 Å². The maximum Gasteiger partial charge on any atom is 0.355 e. The first-order valence-electron chi connectivity index (χ1n) is 11.1. The molecule has 1 atom stereocenters. The molecule has 0 radical (unpaired) electrons. The number of rotatable bonds is 8. The highest BCUT2D eigenvalue weighted by Crippen LogP contribution is 2.41. The number of amides is 1. The standard InChI is InChI=1S/C25H31N3O6/c1-7-34-25(32)20-14(2)18(15(3)26-20)22(29)19-21(16-9-8-10-17(13-16)33-6)28(12-11-27(4)5)24(31)23(19)30/h8-10,13,21,26,29H,7,11-12H2,1-6H3/t21-/m0/s1. The fourth-order valence-electron chi connectivity index (χ4n) is 4.22. The van der Waals surface area contributed by atoms with Crippen LogP contribution in [0, 0.1) is 13.8 Å². The number of ether oxygens (including phenoxy) is 2. The van der Waals surface area contributed by atoms with E-state index in [-0.39, 0.29) is 30.2 Å². The maximum atomic E-state index is 13.2. The number of hydrogen-bond acceptors (Lipinski definition) is 7. The lowest BCUT2D eigenvalue weighted by Gasteiger charge is -2.26. The number of carbonyl (C=O) groups excluding carboxylic acids is 3. The lowest BCUT2D eigenvalue weighted by molar-refractivity contribution is -0.140. The molecule has 2 N–H and O–H groups in total. The third-order valence-electron chi connectivity index (χ3n) is 5.89. The normalized spacial score (nSPS) is 17.5. The van der Waals surface area contributed by atoms with E-state index in [4.69, 9.17) is 9.47 Å². The van der Waals surface area contributed by atoms with Gasteiger partial charge in [-0.2, -0.15) is 0 Å². The summed E-state index contributed by atoms with van der Waals surface area (Å²) in [6, 6.07) is 6.26. The predicted molar refractivity (Wildman–Crippen MR) is 127 cm³/mol. The van der Waals surface area contributed by atoms with E-state index in [1.165, 1.54) is 12.0 Å². The van der Waals surface area contributed by atoms with Crippen LogP contribution < -0.4 is 4.74 Å². The molecule has 0 spiro atoms. The van der Waals surface area contributed by atoms with Crippen molar-refractivity contribution in [3.05, 3.63) is 57.9 Å². The molecular formula is C25H31N3O6. The molecule has 1 fully saturated rings. The molecule has 34 heavy (non-hydrogen) atoms. The van der Waals surface area contributed by atoms with Gasteiger partial charge in [0.1, 0.15) is 17.2 Å². The number of nitrogens with zero attached hydrogens (tertiary/aromatic N) is 2. The highest BCUT2D eigenvalue weighted by Gasteiger charge is 2.46. The van der Waals surface area contributed by atoms with Crippen molar-refractivity contribution < 1.29 is 29.0 Å². The van der Waals surface area contributed by atoms with Gasteiger partial charge in [0.05, 0.1) is 25.3 Å². The number of aliphatic hydroxyl groups is 1. The molecule has 2 aromatic rings. The van der Waals surface area contributed by atoms with Crippen LogP contribution in [-0.4, -0.2) is 78.5 Å². The SMILES string of the molecule is CCOC(=O)c1[nH]c(C)c(C(O)=C2C(=O)C(=O)N(CCN(C)C)[C@H]2c2cccc(OC)c2)c1C. The fourth-order valence-corrected chi connectivity index (χ4v) is 4.22. The van der Waals surface area contributed by atoms with Crippen LogP contribution in [0.3, 0.4) is 0 Å². The molecule has 182 valence electrons. The number of benzene rings is 1. The summed E-state index contributed by atoms with van der Waals surface area (Å²) in [6.07, 6.45) is 0. The Kier molecular flexibility index (Phi) is 7.46. The number of aryl methyl sites for hydroxylation is 1. The Morgan fingerprint density at radius 3 is 2.56 bits per heavy atom. The number of H-pyrrole nitrogens is 1. The monoisotopic (exact) mass is 469 g/mol. The van der Waals surface area contributed by atoms with Crippen LogP contribution in [0.4, 0.5) is 0 Å². The van der Waals surface area contributed by atoms with Gasteiger partial charge in [0.25, 0.3) is 11.7 Å². The maximum absolute atomic E-state index is 13.2. The molecule has 1 aromatic carbocycles. The van der Waals surface area contributed by atoms with Crippen molar-refractivity contribution in [1.82, 2.24) is 14.8 Å². The van der Waals surface area contributed by atoms with Crippen molar-refractivity contribution in [3.8, 4) is 5.75 Å². The van der Waals surface area contributed by atoms with Gasteiger partial charge in [-0.15, -0.1) is 0 Å². The number of aliphatic hydroxyl groups excluding tert-OH is 1. The molecular weight excluding hydrogens is 438 g/mol. The smallest absolute Gasteiger partial charge is 0.355 e. The molecule has 1 amide bonds. The molecule has 3 rings (SSSR count). The molecule has 1 aliphatic rings. The molecule has 9 nitrogen and oxygen atoms in total. The third kappa shape index (κ3) is 4.56. The fraction of sp³-hybridized carbons (Fsp3) is 0.400. The molecule has 9 heteroatoms. The average Bonchev–Trinajstić information content (AvgIpc) is 3.24. The first-order chi connectivity index (χ1) is 16.1. The number of aromatic amines is 1. The highest BCUT2D eigenvalue weighted by atomic mass is 16.5. The van der Waals surface area contributed by atoms with E-state index in [9.17, 15) is 19.5 Å². The second kappa shape index (κ2) is 10.1. The summed E-state index contributed by atoms with van der Waals surface area (Å²) in [4.78, 5) is 45.0. The molecule has 0 saturated carbocycles. The molecule has 1 saturated heterocycles. The van der Waals surface area contributed by atoms with Crippen LogP contribution in [0.1, 0.15) is 45.8 Å². The number of methoxy groups -OCH3 is 1. The zero-order valence-electron chi connectivity index (χ0n) is 20.4. The minimum Gasteiger partial charge on any atom is -0.507 e. The highest BCUT2D eigenvalue weighted by molar-refractivity contribution is 6.46. The van der Waals surface area contributed by atoms with Crippen LogP contribution in [-0.2, 0) is 14.3 Å². The van der Waals surface area contributed by atoms with Crippen LogP contribution in [0.15, 0.2) is 29.8 Å². The quantitative estimate of drug-likeness (QED) is 0.265. The van der Waals surface area contributed by atoms with Crippen LogP contribution >= 0.6 is 0 Å². The topological polar surface area (TPSA) is 112 Å². The van der Waals surface area contributed by atoms with Crippen LogP contribution in [0.25, 0.3) is 5.76 Å². The molecule has 0 bridgehead atoms. The van der Waals surface area contributed by atoms with E-state index in [1.54, 1.807) is 45.0 Å². The van der Waals surface area contributed by atoms with Gasteiger partial charge in [-0.05, 0) is 58.1 Å². The average molecular weight is 470 g/mol. The van der Waals surface area contributed by atoms with Gasteiger partial charge in [-0.3, -0.25) is 9.59 Å². The Balaban J connectivity index is 2.21. The molecule has 0 unspecified atom stereocenters. The number of carbonyl (C=O) groups is 3. The van der Waals surface area contributed by atoms with Gasteiger partial charge in [-0.1, -0.05) is 12.1 Å². The number of aromatic nitrogens is 1. The van der Waals surface area contributed by atoms with E-state index < -0.39 is 23.7 Å². The number of ketones is 1. The summed E-state index contributed by atoms with van der Waals surface area (Å²) in [5.41, 5.74) is 2.04. The van der Waals surface area contributed by atoms with Crippen LogP contribution in [0.2, 0.25) is 0 Å². The molecule has 1 aliphatic heterocycles. The Morgan fingerprint density at radius 1 is 1.24 bits per heavy atom. The van der Waals surface area contributed by atoms with Crippen LogP contribution in [0.5, 0.6) is 5.75 Å². The van der Waals surface area contributed by atoms with Gasteiger partial charge in [0.15, 0.2) is 0 Å². The summed E-state index contributed by atoms with van der Waals surface area (Å²) in [5.74, 6) is -1.79. The van der Waals surface area contributed by atoms with Crippen molar-refractivity contribution in [1.29, 1.82) is 0 Å². The zero-order valence-corrected chi connectivity index (χ0v) is 20.4. The van der Waals surface area contributed by atoms with E-state index in [2.05, 4.69) is 4.98 Å². The van der Waals surface area contributed by atoms with Gasteiger partial charge in [0.2, 0.25) is 0 Å². The first-order valence-corrected chi connectivity index (χ1v) is 11.1. The Bertz CT molecular complexity index is 1150. The Labute approximate surface area is 199 Å². The Morgan fingerprint density at radius 2 is 1.94 bits per heavy atom. The number of likely N-dealkylation sites (tertiary alicyclic amines) is 1. The van der Waals surface area contributed by atoms with Gasteiger partial charge in [-0.25, -0.2) is 4.79 Å². The summed E-state index contributed by atoms with van der Waals surface area (Å²) in [7, 11) is 5.28. The number of hydrogen-bond donors (Lipinski definition) is 2. The molecule has 2 heterocycles. The van der Waals surface area contributed by atoms with Crippen molar-refractivity contribution >= 4 is 23.4 Å². The molecule has 0 aliphatic carbocycles. The zero-order chi connectivity index (χ0) is 25.2. The lowest BCUT2D eigenvalue weighted by atomic mass is 9.94. The largest absolute Gasteiger partial charge is 0.507 e. The molecule has 1 aromatic heterocycles. The minimum atomic E-state index is -0.810.